The van der Waals surface area contributed by atoms with Crippen LogP contribution in [0.15, 0.2) is 0 Å². The summed E-state index contributed by atoms with van der Waals surface area (Å²) in [4.78, 5) is 0. The summed E-state index contributed by atoms with van der Waals surface area (Å²) in [5.41, 5.74) is 0. The van der Waals surface area contributed by atoms with E-state index in [4.69, 9.17) is 0 Å². The van der Waals surface area contributed by atoms with Crippen LogP contribution in [-0.2, 0) is 9.47 Å². The first-order valence-corrected chi connectivity index (χ1v) is 3.39. The smallest absolute Gasteiger partial charge is 0.145 e. The Morgan fingerprint density at radius 2 is 1.22 bits per heavy atom. The van der Waals surface area contributed by atoms with E-state index >= 15 is 0 Å². The highest BCUT2D eigenvalue weighted by Gasteiger charge is 1.95. The minimum absolute atomic E-state index is 0.389. The molecule has 2 heteroatoms. The molecule has 0 N–H and O–H groups in total. The largest absolute Gasteiger partial charge is 0.359 e. The molecule has 0 spiro atoms. The second-order valence-corrected chi connectivity index (χ2v) is 2.11. The van der Waals surface area contributed by atoms with Crippen LogP contribution >= 0.6 is 0 Å². The fraction of sp³-hybridized carbons (Fsp3) is 1.00. The van der Waals surface area contributed by atoms with Gasteiger partial charge in [0.25, 0.3) is 0 Å². The van der Waals surface area contributed by atoms with Gasteiger partial charge in [-0.15, -0.1) is 0 Å². The molecule has 1 aliphatic rings. The van der Waals surface area contributed by atoms with E-state index in [9.17, 15) is 0 Å². The molecular weight excluding hydrogens is 116 g/mol. The van der Waals surface area contributed by atoms with Crippen molar-refractivity contribution in [3.8, 4) is 0 Å². The molecule has 0 aromatic heterocycles. The Kier molecular flexibility index (Phi) is 7.85. The van der Waals surface area contributed by atoms with Gasteiger partial charge in [0, 0.05) is 14.2 Å². The summed E-state index contributed by atoms with van der Waals surface area (Å²) in [6.45, 7) is 0.389. The lowest BCUT2D eigenvalue weighted by molar-refractivity contribution is -0.00271. The van der Waals surface area contributed by atoms with Crippen molar-refractivity contribution >= 4 is 0 Å². The summed E-state index contributed by atoms with van der Waals surface area (Å²) in [5, 5.41) is 0. The van der Waals surface area contributed by atoms with Crippen molar-refractivity contribution in [3.63, 3.8) is 0 Å². The maximum absolute atomic E-state index is 4.47. The molecule has 9 heavy (non-hydrogen) atoms. The first-order valence-electron chi connectivity index (χ1n) is 3.39. The maximum atomic E-state index is 4.47. The van der Waals surface area contributed by atoms with Crippen LogP contribution in [0.1, 0.15) is 25.7 Å². The number of ether oxygens (including phenoxy) is 2. The van der Waals surface area contributed by atoms with Gasteiger partial charge in [-0.1, -0.05) is 25.7 Å². The van der Waals surface area contributed by atoms with Crippen LogP contribution in [0, 0.1) is 0 Å². The van der Waals surface area contributed by atoms with E-state index in [0.29, 0.717) is 6.79 Å². The van der Waals surface area contributed by atoms with Crippen molar-refractivity contribution in [1.82, 2.24) is 0 Å². The van der Waals surface area contributed by atoms with Crippen LogP contribution in [0.25, 0.3) is 0 Å². The Labute approximate surface area is 57.2 Å². The second-order valence-electron chi connectivity index (χ2n) is 2.11. The molecule has 1 fully saturated rings. The van der Waals surface area contributed by atoms with E-state index in [1.165, 1.54) is 25.7 Å². The normalized spacial score (nSPS) is 15.3. The molecule has 1 rings (SSSR count). The fourth-order valence-corrected chi connectivity index (χ4v) is 0.368. The average Bonchev–Trinajstić information content (AvgIpc) is 1.63. The van der Waals surface area contributed by atoms with Crippen molar-refractivity contribution in [1.29, 1.82) is 0 Å². The lowest BCUT2D eigenvalue weighted by Gasteiger charge is -2.05. The van der Waals surface area contributed by atoms with E-state index in [1.54, 1.807) is 14.2 Å². The van der Waals surface area contributed by atoms with Gasteiger partial charge < -0.3 is 9.47 Å². The van der Waals surface area contributed by atoms with Crippen LogP contribution in [-0.4, -0.2) is 21.0 Å². The molecular formula is C7H16O2. The molecule has 0 heterocycles. The molecule has 1 aliphatic carbocycles. The highest BCUT2D eigenvalue weighted by molar-refractivity contribution is 4.50. The number of methoxy groups -OCH3 is 2. The molecule has 0 bridgehead atoms. The van der Waals surface area contributed by atoms with Crippen molar-refractivity contribution < 1.29 is 9.47 Å². The summed E-state index contributed by atoms with van der Waals surface area (Å²) in [6, 6.07) is 0. The zero-order valence-electron chi connectivity index (χ0n) is 6.35. The second kappa shape index (κ2) is 7.92. The first-order chi connectivity index (χ1) is 4.41. The maximum Gasteiger partial charge on any atom is 0.145 e. The van der Waals surface area contributed by atoms with Gasteiger partial charge in [0.15, 0.2) is 0 Å². The lowest BCUT2D eigenvalue weighted by Crippen LogP contribution is -1.87. The van der Waals surface area contributed by atoms with Crippen LogP contribution in [0.3, 0.4) is 0 Å². The summed E-state index contributed by atoms with van der Waals surface area (Å²) in [5.74, 6) is 0. The SMILES string of the molecule is C1CCC1.COCOC. The predicted molar refractivity (Wildman–Crippen MR) is 37.4 cm³/mol. The van der Waals surface area contributed by atoms with Crippen molar-refractivity contribution in [2.45, 2.75) is 25.7 Å². The molecule has 1 saturated carbocycles. The zero-order chi connectivity index (χ0) is 6.95. The molecule has 0 aromatic rings. The third-order valence-corrected chi connectivity index (χ3v) is 1.24. The Morgan fingerprint density at radius 1 is 0.889 bits per heavy atom. The quantitative estimate of drug-likeness (QED) is 0.533. The minimum Gasteiger partial charge on any atom is -0.359 e. The van der Waals surface area contributed by atoms with Gasteiger partial charge in [-0.3, -0.25) is 0 Å². The molecule has 0 unspecified atom stereocenters. The van der Waals surface area contributed by atoms with Gasteiger partial charge >= 0.3 is 0 Å². The predicted octanol–water partition coefficient (Wildman–Crippen LogP) is 1.80. The van der Waals surface area contributed by atoms with Gasteiger partial charge in [-0.25, -0.2) is 0 Å². The third-order valence-electron chi connectivity index (χ3n) is 1.24. The molecule has 0 radical (unpaired) electrons. The monoisotopic (exact) mass is 132 g/mol. The Morgan fingerprint density at radius 3 is 1.22 bits per heavy atom. The first kappa shape index (κ1) is 8.92. The van der Waals surface area contributed by atoms with Crippen molar-refractivity contribution in [3.05, 3.63) is 0 Å². The number of rotatable bonds is 2. The van der Waals surface area contributed by atoms with Gasteiger partial charge in [0.2, 0.25) is 0 Å². The molecule has 2 nitrogen and oxygen atoms in total. The van der Waals surface area contributed by atoms with Crippen molar-refractivity contribution in [2.24, 2.45) is 0 Å². The van der Waals surface area contributed by atoms with Crippen LogP contribution < -0.4 is 0 Å². The zero-order valence-corrected chi connectivity index (χ0v) is 6.35. The van der Waals surface area contributed by atoms with Gasteiger partial charge in [0.1, 0.15) is 6.79 Å². The third kappa shape index (κ3) is 7.92. The standard InChI is InChI=1S/C4H8.C3H8O2/c1-2-4-3-1;1-4-3-5-2/h1-4H2;3H2,1-2H3. The Bertz CT molecular complexity index is 36.2. The molecule has 0 atom stereocenters. The fourth-order valence-electron chi connectivity index (χ4n) is 0.368. The summed E-state index contributed by atoms with van der Waals surface area (Å²) < 4.78 is 8.94. The van der Waals surface area contributed by atoms with E-state index in [0.717, 1.165) is 0 Å². The minimum atomic E-state index is 0.389. The molecule has 0 aromatic carbocycles. The Balaban J connectivity index is 0.000000144. The van der Waals surface area contributed by atoms with Gasteiger partial charge in [-0.05, 0) is 0 Å². The number of hydrogen-bond donors (Lipinski definition) is 0. The van der Waals surface area contributed by atoms with Gasteiger partial charge in [-0.2, -0.15) is 0 Å². The summed E-state index contributed by atoms with van der Waals surface area (Å²) in [7, 11) is 3.17. The van der Waals surface area contributed by atoms with Crippen LogP contribution in [0.5, 0.6) is 0 Å². The molecule has 0 saturated heterocycles. The topological polar surface area (TPSA) is 18.5 Å². The van der Waals surface area contributed by atoms with Crippen molar-refractivity contribution in [2.75, 3.05) is 21.0 Å². The van der Waals surface area contributed by atoms with E-state index in [2.05, 4.69) is 9.47 Å². The van der Waals surface area contributed by atoms with Gasteiger partial charge in [0.05, 0.1) is 0 Å². The average molecular weight is 132 g/mol. The summed E-state index contributed by atoms with van der Waals surface area (Å²) >= 11 is 0. The number of hydrogen-bond acceptors (Lipinski definition) is 2. The molecule has 0 amide bonds. The molecule has 0 aliphatic heterocycles. The van der Waals surface area contributed by atoms with Crippen LogP contribution in [0.2, 0.25) is 0 Å². The highest BCUT2D eigenvalue weighted by Crippen LogP contribution is 2.15. The van der Waals surface area contributed by atoms with E-state index in [-0.39, 0.29) is 0 Å². The lowest BCUT2D eigenvalue weighted by atomic mass is 10.0. The highest BCUT2D eigenvalue weighted by atomic mass is 16.6. The van der Waals surface area contributed by atoms with Crippen LogP contribution in [0.4, 0.5) is 0 Å². The summed E-state index contributed by atoms with van der Waals surface area (Å²) in [6.07, 6.45) is 6.00. The van der Waals surface area contributed by atoms with E-state index in [1.807, 2.05) is 0 Å². The Hall–Kier alpha value is -0.0800. The molecule has 56 valence electrons. The van der Waals surface area contributed by atoms with E-state index < -0.39 is 0 Å².